The molecule has 0 spiro atoms. The molecule has 4 nitrogen and oxygen atoms in total. The number of nitrogens with zero attached hydrogens (tertiary/aromatic N) is 2. The summed E-state index contributed by atoms with van der Waals surface area (Å²) in [6.45, 7) is 1.44. The SMILES string of the molecule is O=C(/C=C/c1ccc(F)cc1)N1CCN(C(=O)/C=C/c2ccc(C(F)(F)F)cc2)CC1. The molecule has 2 aromatic carbocycles. The molecule has 0 unspecified atom stereocenters. The van der Waals surface area contributed by atoms with E-state index >= 15 is 0 Å². The molecule has 0 radical (unpaired) electrons. The summed E-state index contributed by atoms with van der Waals surface area (Å²) in [4.78, 5) is 27.8. The number of rotatable bonds is 4. The van der Waals surface area contributed by atoms with Crippen LogP contribution in [0.3, 0.4) is 0 Å². The van der Waals surface area contributed by atoms with Crippen molar-refractivity contribution in [2.75, 3.05) is 26.2 Å². The topological polar surface area (TPSA) is 40.6 Å². The zero-order chi connectivity index (χ0) is 22.4. The van der Waals surface area contributed by atoms with Crippen LogP contribution in [0.2, 0.25) is 0 Å². The molecule has 1 saturated heterocycles. The Morgan fingerprint density at radius 3 is 1.48 bits per heavy atom. The molecule has 1 heterocycles. The minimum atomic E-state index is -4.40. The van der Waals surface area contributed by atoms with Crippen LogP contribution in [0, 0.1) is 5.82 Å². The quantitative estimate of drug-likeness (QED) is 0.536. The van der Waals surface area contributed by atoms with E-state index in [1.54, 1.807) is 28.0 Å². The average molecular weight is 432 g/mol. The highest BCUT2D eigenvalue weighted by Gasteiger charge is 2.29. The van der Waals surface area contributed by atoms with Gasteiger partial charge in [-0.1, -0.05) is 24.3 Å². The number of benzene rings is 2. The number of halogens is 4. The first-order valence-corrected chi connectivity index (χ1v) is 9.59. The fourth-order valence-electron chi connectivity index (χ4n) is 3.05. The molecule has 0 bridgehead atoms. The first-order chi connectivity index (χ1) is 14.7. The van der Waals surface area contributed by atoms with Gasteiger partial charge >= 0.3 is 6.18 Å². The Morgan fingerprint density at radius 1 is 0.710 bits per heavy atom. The van der Waals surface area contributed by atoms with Gasteiger partial charge in [-0.2, -0.15) is 13.2 Å². The molecule has 1 aliphatic rings. The zero-order valence-corrected chi connectivity index (χ0v) is 16.5. The van der Waals surface area contributed by atoms with Gasteiger partial charge in [0.05, 0.1) is 5.56 Å². The Bertz CT molecular complexity index is 972. The van der Waals surface area contributed by atoms with E-state index in [9.17, 15) is 27.2 Å². The summed E-state index contributed by atoms with van der Waals surface area (Å²) >= 11 is 0. The van der Waals surface area contributed by atoms with Crippen LogP contribution in [0.15, 0.2) is 60.7 Å². The van der Waals surface area contributed by atoms with E-state index in [-0.39, 0.29) is 17.6 Å². The Morgan fingerprint density at radius 2 is 1.10 bits per heavy atom. The van der Waals surface area contributed by atoms with Crippen molar-refractivity contribution in [3.05, 3.63) is 83.2 Å². The third kappa shape index (κ3) is 6.28. The molecule has 31 heavy (non-hydrogen) atoms. The number of carbonyl (C=O) groups is 2. The van der Waals surface area contributed by atoms with E-state index in [1.807, 2.05) is 0 Å². The van der Waals surface area contributed by atoms with Crippen molar-refractivity contribution in [3.63, 3.8) is 0 Å². The van der Waals surface area contributed by atoms with Gasteiger partial charge in [0, 0.05) is 38.3 Å². The van der Waals surface area contributed by atoms with Gasteiger partial charge in [0.2, 0.25) is 11.8 Å². The van der Waals surface area contributed by atoms with E-state index in [0.717, 1.165) is 12.1 Å². The highest BCUT2D eigenvalue weighted by Crippen LogP contribution is 2.29. The minimum absolute atomic E-state index is 0.197. The highest BCUT2D eigenvalue weighted by molar-refractivity contribution is 5.93. The first-order valence-electron chi connectivity index (χ1n) is 9.59. The summed E-state index contributed by atoms with van der Waals surface area (Å²) in [5.41, 5.74) is 0.448. The molecule has 0 aromatic heterocycles. The number of carbonyl (C=O) groups excluding carboxylic acids is 2. The van der Waals surface area contributed by atoms with Crippen molar-refractivity contribution >= 4 is 24.0 Å². The molecule has 3 rings (SSSR count). The molecule has 2 aromatic rings. The van der Waals surface area contributed by atoms with E-state index in [2.05, 4.69) is 0 Å². The van der Waals surface area contributed by atoms with Gasteiger partial charge in [0.1, 0.15) is 5.82 Å². The third-order valence-corrected chi connectivity index (χ3v) is 4.85. The van der Waals surface area contributed by atoms with E-state index in [0.29, 0.717) is 37.3 Å². The van der Waals surface area contributed by atoms with Crippen molar-refractivity contribution in [2.45, 2.75) is 6.18 Å². The van der Waals surface area contributed by atoms with Crippen LogP contribution >= 0.6 is 0 Å². The van der Waals surface area contributed by atoms with Crippen LogP contribution < -0.4 is 0 Å². The molecule has 8 heteroatoms. The molecule has 1 aliphatic heterocycles. The summed E-state index contributed by atoms with van der Waals surface area (Å²) in [5, 5.41) is 0. The number of hydrogen-bond acceptors (Lipinski definition) is 2. The summed E-state index contributed by atoms with van der Waals surface area (Å²) < 4.78 is 50.7. The molecule has 0 atom stereocenters. The maximum atomic E-state index is 12.9. The van der Waals surface area contributed by atoms with Gasteiger partial charge in [-0.25, -0.2) is 4.39 Å². The van der Waals surface area contributed by atoms with Gasteiger partial charge in [0.15, 0.2) is 0 Å². The lowest BCUT2D eigenvalue weighted by atomic mass is 10.1. The normalized spacial score (nSPS) is 15.1. The van der Waals surface area contributed by atoms with Crippen LogP contribution in [0.5, 0.6) is 0 Å². The summed E-state index contributed by atoms with van der Waals surface area (Å²) in [6.07, 6.45) is 1.39. The van der Waals surface area contributed by atoms with Gasteiger partial charge < -0.3 is 9.80 Å². The number of hydrogen-bond donors (Lipinski definition) is 0. The molecule has 0 N–H and O–H groups in total. The summed E-state index contributed by atoms with van der Waals surface area (Å²) in [5.74, 6) is -0.817. The van der Waals surface area contributed by atoms with Gasteiger partial charge in [0.25, 0.3) is 0 Å². The number of piperazine rings is 1. The molecule has 0 aliphatic carbocycles. The second kappa shape index (κ2) is 9.59. The van der Waals surface area contributed by atoms with Gasteiger partial charge in [-0.05, 0) is 47.5 Å². The lowest BCUT2D eigenvalue weighted by molar-refractivity contribution is -0.137. The second-order valence-electron chi connectivity index (χ2n) is 6.99. The minimum Gasteiger partial charge on any atom is -0.336 e. The smallest absolute Gasteiger partial charge is 0.336 e. The molecular formula is C23H20F4N2O2. The molecule has 2 amide bonds. The predicted molar refractivity (Wildman–Crippen MR) is 109 cm³/mol. The first kappa shape index (κ1) is 22.3. The molecule has 162 valence electrons. The number of amides is 2. The monoisotopic (exact) mass is 432 g/mol. The van der Waals surface area contributed by atoms with Gasteiger partial charge in [-0.15, -0.1) is 0 Å². The van der Waals surface area contributed by atoms with E-state index in [4.69, 9.17) is 0 Å². The number of alkyl halides is 3. The van der Waals surface area contributed by atoms with Crippen molar-refractivity contribution in [1.29, 1.82) is 0 Å². The standard InChI is InChI=1S/C23H20F4N2O2/c24-20-9-3-18(4-10-20)6-12-22(31)29-15-13-28(14-16-29)21(30)11-5-17-1-7-19(8-2-17)23(25,26)27/h1-12H,13-16H2/b11-5+,12-6+. The molecule has 1 fully saturated rings. The van der Waals surface area contributed by atoms with Crippen molar-refractivity contribution < 1.29 is 27.2 Å². The maximum absolute atomic E-state index is 12.9. The van der Waals surface area contributed by atoms with Crippen molar-refractivity contribution in [2.24, 2.45) is 0 Å². The Kier molecular flexibility index (Phi) is 6.89. The molecule has 0 saturated carbocycles. The van der Waals surface area contributed by atoms with Crippen LogP contribution in [0.4, 0.5) is 17.6 Å². The largest absolute Gasteiger partial charge is 0.416 e. The fourth-order valence-corrected chi connectivity index (χ4v) is 3.05. The van der Waals surface area contributed by atoms with Crippen LogP contribution in [0.25, 0.3) is 12.2 Å². The maximum Gasteiger partial charge on any atom is 0.416 e. The van der Waals surface area contributed by atoms with E-state index in [1.165, 1.54) is 42.5 Å². The average Bonchev–Trinajstić information content (AvgIpc) is 2.76. The zero-order valence-electron chi connectivity index (χ0n) is 16.5. The van der Waals surface area contributed by atoms with Crippen molar-refractivity contribution in [3.8, 4) is 0 Å². The molecular weight excluding hydrogens is 412 g/mol. The Balaban J connectivity index is 1.49. The van der Waals surface area contributed by atoms with Crippen molar-refractivity contribution in [1.82, 2.24) is 9.80 Å². The van der Waals surface area contributed by atoms with Gasteiger partial charge in [-0.3, -0.25) is 9.59 Å². The lowest BCUT2D eigenvalue weighted by Crippen LogP contribution is -2.49. The van der Waals surface area contributed by atoms with E-state index < -0.39 is 11.7 Å². The summed E-state index contributed by atoms with van der Waals surface area (Å²) in [7, 11) is 0. The van der Waals surface area contributed by atoms with Crippen LogP contribution in [-0.4, -0.2) is 47.8 Å². The Labute approximate surface area is 177 Å². The highest BCUT2D eigenvalue weighted by atomic mass is 19.4. The second-order valence-corrected chi connectivity index (χ2v) is 6.99. The fraction of sp³-hybridized carbons (Fsp3) is 0.217. The lowest BCUT2D eigenvalue weighted by Gasteiger charge is -2.33. The third-order valence-electron chi connectivity index (χ3n) is 4.85. The predicted octanol–water partition coefficient (Wildman–Crippen LogP) is 4.24. The summed E-state index contributed by atoms with van der Waals surface area (Å²) in [6, 6.07) is 10.3. The van der Waals surface area contributed by atoms with Crippen LogP contribution in [-0.2, 0) is 15.8 Å². The Hall–Kier alpha value is -3.42. The van der Waals surface area contributed by atoms with Crippen LogP contribution in [0.1, 0.15) is 16.7 Å².